The van der Waals surface area contributed by atoms with Gasteiger partial charge in [-0.3, -0.25) is 4.79 Å². The summed E-state index contributed by atoms with van der Waals surface area (Å²) in [5, 5.41) is 13.9. The van der Waals surface area contributed by atoms with Crippen LogP contribution in [0.1, 0.15) is 28.8 Å². The fourth-order valence-electron chi connectivity index (χ4n) is 1.80. The van der Waals surface area contributed by atoms with Crippen LogP contribution < -0.4 is 5.43 Å². The molecule has 0 aliphatic heterocycles. The van der Waals surface area contributed by atoms with Gasteiger partial charge in [-0.05, 0) is 23.8 Å². The molecule has 5 heteroatoms. The Labute approximate surface area is 128 Å². The third kappa shape index (κ3) is 4.07. The molecule has 2 N–H and O–H groups in total. The number of carbonyl (C=O) groups excluding carboxylic acids is 1. The van der Waals surface area contributed by atoms with Gasteiger partial charge in [0.05, 0.1) is 5.56 Å². The van der Waals surface area contributed by atoms with Crippen molar-refractivity contribution in [3.8, 4) is 5.75 Å². The summed E-state index contributed by atoms with van der Waals surface area (Å²) in [6, 6.07) is 14.1. The molecule has 0 unspecified atom stereocenters. The predicted molar refractivity (Wildman–Crippen MR) is 83.9 cm³/mol. The minimum Gasteiger partial charge on any atom is -0.507 e. The van der Waals surface area contributed by atoms with Crippen LogP contribution in [-0.2, 0) is 0 Å². The topological polar surface area (TPSA) is 61.7 Å². The third-order valence-electron chi connectivity index (χ3n) is 2.99. The highest BCUT2D eigenvalue weighted by molar-refractivity contribution is 6.31. The zero-order valence-corrected chi connectivity index (χ0v) is 12.2. The van der Waals surface area contributed by atoms with Gasteiger partial charge in [-0.1, -0.05) is 48.9 Å². The van der Waals surface area contributed by atoms with Gasteiger partial charge in [0.25, 0.3) is 5.91 Å². The average Bonchev–Trinajstić information content (AvgIpc) is 2.50. The van der Waals surface area contributed by atoms with Crippen LogP contribution in [0.5, 0.6) is 5.75 Å². The maximum atomic E-state index is 11.9. The molecule has 0 saturated carbocycles. The van der Waals surface area contributed by atoms with Crippen LogP contribution in [0.25, 0.3) is 0 Å². The number of hydrazone groups is 1. The molecule has 0 radical (unpaired) electrons. The van der Waals surface area contributed by atoms with Gasteiger partial charge in [0.1, 0.15) is 5.75 Å². The number of amides is 1. The first kappa shape index (κ1) is 15.1. The summed E-state index contributed by atoms with van der Waals surface area (Å²) in [6.45, 7) is 1.97. The van der Waals surface area contributed by atoms with Crippen LogP contribution in [0.2, 0.25) is 5.02 Å². The number of halogens is 1. The Balaban J connectivity index is 2.01. The molecule has 21 heavy (non-hydrogen) atoms. The van der Waals surface area contributed by atoms with Gasteiger partial charge in [0, 0.05) is 17.2 Å². The number of hydrogen-bond donors (Lipinski definition) is 2. The van der Waals surface area contributed by atoms with E-state index in [4.69, 9.17) is 11.6 Å². The number of benzene rings is 2. The lowest BCUT2D eigenvalue weighted by molar-refractivity contribution is 0.0952. The quantitative estimate of drug-likeness (QED) is 0.670. The van der Waals surface area contributed by atoms with Gasteiger partial charge in [0.15, 0.2) is 0 Å². The number of nitrogens with one attached hydrogen (secondary N) is 1. The highest BCUT2D eigenvalue weighted by Crippen LogP contribution is 2.21. The van der Waals surface area contributed by atoms with Crippen LogP contribution in [-0.4, -0.2) is 17.2 Å². The summed E-state index contributed by atoms with van der Waals surface area (Å²) in [4.78, 5) is 11.9. The molecule has 4 nitrogen and oxygen atoms in total. The second-order valence-electron chi connectivity index (χ2n) is 4.58. The summed E-state index contributed by atoms with van der Waals surface area (Å²) in [5.74, 6) is -0.575. The molecule has 0 spiro atoms. The van der Waals surface area contributed by atoms with E-state index in [1.165, 1.54) is 18.2 Å². The Morgan fingerprint density at radius 3 is 2.71 bits per heavy atom. The smallest absolute Gasteiger partial charge is 0.275 e. The van der Waals surface area contributed by atoms with Crippen LogP contribution in [0.4, 0.5) is 0 Å². The van der Waals surface area contributed by atoms with Gasteiger partial charge in [-0.25, -0.2) is 5.43 Å². The molecule has 2 aromatic carbocycles. The van der Waals surface area contributed by atoms with Crippen molar-refractivity contribution in [1.29, 1.82) is 0 Å². The fourth-order valence-corrected chi connectivity index (χ4v) is 1.97. The summed E-state index contributed by atoms with van der Waals surface area (Å²) in [5.41, 5.74) is 3.57. The lowest BCUT2D eigenvalue weighted by Gasteiger charge is -2.06. The number of phenols is 1. The number of hydrogen-bond acceptors (Lipinski definition) is 3. The second kappa shape index (κ2) is 6.90. The highest BCUT2D eigenvalue weighted by atomic mass is 35.5. The summed E-state index contributed by atoms with van der Waals surface area (Å²) in [6.07, 6.45) is 1.63. The van der Waals surface area contributed by atoms with Gasteiger partial charge < -0.3 is 5.11 Å². The van der Waals surface area contributed by atoms with E-state index in [0.717, 1.165) is 5.56 Å². The predicted octanol–water partition coefficient (Wildman–Crippen LogP) is 3.56. The Bertz CT molecular complexity index is 657. The minimum atomic E-state index is -0.508. The molecular formula is C16H15ClN2O2. The Kier molecular flexibility index (Phi) is 4.95. The molecule has 1 amide bonds. The molecule has 0 aliphatic rings. The van der Waals surface area contributed by atoms with Gasteiger partial charge in [0.2, 0.25) is 0 Å². The van der Waals surface area contributed by atoms with Crippen molar-refractivity contribution in [2.24, 2.45) is 5.10 Å². The number of carbonyl (C=O) groups is 1. The maximum Gasteiger partial charge on any atom is 0.275 e. The van der Waals surface area contributed by atoms with E-state index in [2.05, 4.69) is 10.5 Å². The Morgan fingerprint density at radius 1 is 1.29 bits per heavy atom. The maximum absolute atomic E-state index is 11.9. The SMILES string of the molecule is C[C@@H](/C=N\NC(=O)c1cc(Cl)ccc1O)c1ccccc1. The molecule has 2 aromatic rings. The number of rotatable bonds is 4. The molecule has 1 atom stereocenters. The average molecular weight is 303 g/mol. The Morgan fingerprint density at radius 2 is 2.00 bits per heavy atom. The molecular weight excluding hydrogens is 288 g/mol. The first-order valence-corrected chi connectivity index (χ1v) is 6.82. The number of nitrogens with zero attached hydrogens (tertiary/aromatic N) is 1. The van der Waals surface area contributed by atoms with Crippen molar-refractivity contribution in [3.63, 3.8) is 0 Å². The van der Waals surface area contributed by atoms with E-state index in [1.54, 1.807) is 6.21 Å². The zero-order valence-electron chi connectivity index (χ0n) is 11.5. The van der Waals surface area contributed by atoms with E-state index in [0.29, 0.717) is 5.02 Å². The monoisotopic (exact) mass is 302 g/mol. The van der Waals surface area contributed by atoms with Crippen molar-refractivity contribution in [2.75, 3.05) is 0 Å². The summed E-state index contributed by atoms with van der Waals surface area (Å²) in [7, 11) is 0. The summed E-state index contributed by atoms with van der Waals surface area (Å²) >= 11 is 5.80. The normalized spacial score (nSPS) is 12.3. The van der Waals surface area contributed by atoms with Crippen molar-refractivity contribution < 1.29 is 9.90 Å². The van der Waals surface area contributed by atoms with Gasteiger partial charge >= 0.3 is 0 Å². The van der Waals surface area contributed by atoms with Gasteiger partial charge in [-0.2, -0.15) is 5.10 Å². The van der Waals surface area contributed by atoms with Crippen LogP contribution >= 0.6 is 11.6 Å². The lowest BCUT2D eigenvalue weighted by Crippen LogP contribution is -2.18. The summed E-state index contributed by atoms with van der Waals surface area (Å²) < 4.78 is 0. The molecule has 2 rings (SSSR count). The van der Waals surface area contributed by atoms with Gasteiger partial charge in [-0.15, -0.1) is 0 Å². The molecule has 0 aromatic heterocycles. The number of phenolic OH excluding ortho intramolecular Hbond substituents is 1. The van der Waals surface area contributed by atoms with Crippen molar-refractivity contribution in [1.82, 2.24) is 5.43 Å². The largest absolute Gasteiger partial charge is 0.507 e. The van der Waals surface area contributed by atoms with E-state index in [-0.39, 0.29) is 17.2 Å². The minimum absolute atomic E-state index is 0.0689. The van der Waals surface area contributed by atoms with Crippen LogP contribution in [0.3, 0.4) is 0 Å². The van der Waals surface area contributed by atoms with Crippen molar-refractivity contribution in [2.45, 2.75) is 12.8 Å². The molecule has 0 saturated heterocycles. The molecule has 0 aliphatic carbocycles. The van der Waals surface area contributed by atoms with E-state index in [1.807, 2.05) is 37.3 Å². The third-order valence-corrected chi connectivity index (χ3v) is 3.23. The molecule has 0 bridgehead atoms. The first-order chi connectivity index (χ1) is 10.1. The van der Waals surface area contributed by atoms with E-state index < -0.39 is 5.91 Å². The van der Waals surface area contributed by atoms with Crippen LogP contribution in [0.15, 0.2) is 53.6 Å². The zero-order chi connectivity index (χ0) is 15.2. The van der Waals surface area contributed by atoms with Crippen LogP contribution in [0, 0.1) is 0 Å². The van der Waals surface area contributed by atoms with E-state index >= 15 is 0 Å². The second-order valence-corrected chi connectivity index (χ2v) is 5.02. The molecule has 0 fully saturated rings. The highest BCUT2D eigenvalue weighted by Gasteiger charge is 2.11. The molecule has 108 valence electrons. The van der Waals surface area contributed by atoms with E-state index in [9.17, 15) is 9.90 Å². The first-order valence-electron chi connectivity index (χ1n) is 6.45. The fraction of sp³-hybridized carbons (Fsp3) is 0.125. The molecule has 0 heterocycles. The lowest BCUT2D eigenvalue weighted by atomic mass is 10.0. The Hall–Kier alpha value is -2.33. The van der Waals surface area contributed by atoms with Crippen molar-refractivity contribution >= 4 is 23.7 Å². The standard InChI is InChI=1S/C16H15ClN2O2/c1-11(12-5-3-2-4-6-12)10-18-19-16(21)14-9-13(17)7-8-15(14)20/h2-11,20H,1H3,(H,19,21)/b18-10-/t11-/m0/s1. The van der Waals surface area contributed by atoms with Crippen molar-refractivity contribution in [3.05, 3.63) is 64.7 Å². The number of aromatic hydroxyl groups is 1.